The molecule has 1 rings (SSSR count). The molecule has 0 radical (unpaired) electrons. The van der Waals surface area contributed by atoms with Crippen LogP contribution in [0.3, 0.4) is 0 Å². The van der Waals surface area contributed by atoms with Crippen molar-refractivity contribution < 1.29 is 13.5 Å². The van der Waals surface area contributed by atoms with Gasteiger partial charge in [-0.1, -0.05) is 20.8 Å². The molecule has 0 fully saturated rings. The van der Waals surface area contributed by atoms with Crippen LogP contribution in [0.4, 0.5) is 0 Å². The van der Waals surface area contributed by atoms with Crippen LogP contribution < -0.4 is 16.0 Å². The van der Waals surface area contributed by atoms with Gasteiger partial charge in [0, 0.05) is 12.7 Å². The van der Waals surface area contributed by atoms with Gasteiger partial charge in [0.1, 0.15) is 0 Å². The molecule has 0 aliphatic carbocycles. The van der Waals surface area contributed by atoms with Crippen LogP contribution in [-0.4, -0.2) is 36.1 Å². The summed E-state index contributed by atoms with van der Waals surface area (Å²) in [7, 11) is -4.08. The summed E-state index contributed by atoms with van der Waals surface area (Å²) in [6, 6.07) is 0. The summed E-state index contributed by atoms with van der Waals surface area (Å²) in [6.45, 7) is 5.53. The van der Waals surface area contributed by atoms with Crippen LogP contribution >= 0.6 is 0 Å². The first kappa shape index (κ1) is 16.6. The Bertz CT molecular complexity index is 668. The largest absolute Gasteiger partial charge is 0.392 e. The van der Waals surface area contributed by atoms with Crippen LogP contribution in [0.1, 0.15) is 27.2 Å². The van der Waals surface area contributed by atoms with E-state index < -0.39 is 32.3 Å². The lowest BCUT2D eigenvalue weighted by Crippen LogP contribution is -2.37. The van der Waals surface area contributed by atoms with Crippen molar-refractivity contribution in [1.29, 1.82) is 0 Å². The summed E-state index contributed by atoms with van der Waals surface area (Å²) in [5.41, 5.74) is -1.95. The second kappa shape index (κ2) is 5.90. The van der Waals surface area contributed by atoms with Gasteiger partial charge >= 0.3 is 5.69 Å². The molecule has 0 aromatic carbocycles. The van der Waals surface area contributed by atoms with Crippen LogP contribution in [0.15, 0.2) is 20.7 Å². The number of aliphatic hydroxyl groups excluding tert-OH is 1. The van der Waals surface area contributed by atoms with E-state index in [2.05, 4.69) is 9.71 Å². The van der Waals surface area contributed by atoms with Gasteiger partial charge in [-0.25, -0.2) is 17.9 Å². The zero-order valence-corrected chi connectivity index (χ0v) is 12.4. The maximum Gasteiger partial charge on any atom is 0.325 e. The molecule has 20 heavy (non-hydrogen) atoms. The van der Waals surface area contributed by atoms with Crippen molar-refractivity contribution >= 4 is 10.0 Å². The zero-order chi connectivity index (χ0) is 15.6. The fraction of sp³-hybridized carbons (Fsp3) is 0.636. The van der Waals surface area contributed by atoms with E-state index in [1.165, 1.54) is 0 Å². The lowest BCUT2D eigenvalue weighted by molar-refractivity contribution is 0.125. The second-order valence-electron chi connectivity index (χ2n) is 5.71. The van der Waals surface area contributed by atoms with Gasteiger partial charge < -0.3 is 10.1 Å². The first-order chi connectivity index (χ1) is 9.01. The molecular formula is C11H19N3O5S. The van der Waals surface area contributed by atoms with Gasteiger partial charge in [0.2, 0.25) is 10.0 Å². The number of nitrogens with one attached hydrogen (secondary N) is 3. The Hall–Kier alpha value is -1.45. The molecule has 1 unspecified atom stereocenters. The highest BCUT2D eigenvalue weighted by Crippen LogP contribution is 2.20. The number of aromatic amines is 2. The standard InChI is InChI=1S/C11H19N3O5S/c1-11(2,3)4-7(15)5-13-20(18,19)8-6-12-10(17)14-9(8)16/h6-7,13,15H,4-5H2,1-3H3,(H2,12,14,16,17). The molecule has 4 N–H and O–H groups in total. The Morgan fingerprint density at radius 2 is 1.95 bits per heavy atom. The summed E-state index contributed by atoms with van der Waals surface area (Å²) in [5.74, 6) is 0. The maximum absolute atomic E-state index is 11.9. The Kier molecular flexibility index (Phi) is 4.90. The summed E-state index contributed by atoms with van der Waals surface area (Å²) in [4.78, 5) is 25.5. The van der Waals surface area contributed by atoms with Crippen molar-refractivity contribution in [3.8, 4) is 0 Å². The molecule has 0 saturated heterocycles. The zero-order valence-electron chi connectivity index (χ0n) is 11.6. The average Bonchev–Trinajstić information content (AvgIpc) is 2.23. The molecule has 8 nitrogen and oxygen atoms in total. The number of aromatic nitrogens is 2. The lowest BCUT2D eigenvalue weighted by atomic mass is 9.89. The number of sulfonamides is 1. The Morgan fingerprint density at radius 1 is 1.35 bits per heavy atom. The molecule has 1 aromatic heterocycles. The van der Waals surface area contributed by atoms with Crippen LogP contribution in [0.2, 0.25) is 0 Å². The third kappa shape index (κ3) is 4.91. The maximum atomic E-state index is 11.9. The summed E-state index contributed by atoms with van der Waals surface area (Å²) >= 11 is 0. The van der Waals surface area contributed by atoms with E-state index in [-0.39, 0.29) is 12.0 Å². The van der Waals surface area contributed by atoms with Gasteiger partial charge in [-0.05, 0) is 11.8 Å². The van der Waals surface area contributed by atoms with Crippen LogP contribution in [0.5, 0.6) is 0 Å². The van der Waals surface area contributed by atoms with Gasteiger partial charge in [-0.15, -0.1) is 0 Å². The minimum Gasteiger partial charge on any atom is -0.392 e. The molecule has 0 aliphatic heterocycles. The minimum absolute atomic E-state index is 0.152. The summed E-state index contributed by atoms with van der Waals surface area (Å²) < 4.78 is 25.9. The molecule has 1 atom stereocenters. The smallest absolute Gasteiger partial charge is 0.325 e. The predicted molar refractivity (Wildman–Crippen MR) is 73.0 cm³/mol. The number of aliphatic hydroxyl groups is 1. The lowest BCUT2D eigenvalue weighted by Gasteiger charge is -2.22. The number of H-pyrrole nitrogens is 2. The number of hydrogen-bond acceptors (Lipinski definition) is 5. The number of hydrogen-bond donors (Lipinski definition) is 4. The van der Waals surface area contributed by atoms with Crippen LogP contribution in [0, 0.1) is 5.41 Å². The molecule has 114 valence electrons. The van der Waals surface area contributed by atoms with Gasteiger partial charge in [0.05, 0.1) is 6.10 Å². The Labute approximate surface area is 116 Å². The molecule has 0 bridgehead atoms. The molecule has 0 aliphatic rings. The van der Waals surface area contributed by atoms with E-state index in [1.54, 1.807) is 0 Å². The molecule has 1 heterocycles. The van der Waals surface area contributed by atoms with Gasteiger partial charge in [0.15, 0.2) is 4.90 Å². The van der Waals surface area contributed by atoms with E-state index in [9.17, 15) is 23.1 Å². The van der Waals surface area contributed by atoms with Crippen molar-refractivity contribution in [3.05, 3.63) is 27.0 Å². The second-order valence-corrected chi connectivity index (χ2v) is 7.44. The van der Waals surface area contributed by atoms with Crippen LogP contribution in [-0.2, 0) is 10.0 Å². The van der Waals surface area contributed by atoms with E-state index in [1.807, 2.05) is 25.8 Å². The third-order valence-corrected chi connectivity index (χ3v) is 3.86. The average molecular weight is 305 g/mol. The van der Waals surface area contributed by atoms with Crippen molar-refractivity contribution in [2.24, 2.45) is 5.41 Å². The monoisotopic (exact) mass is 305 g/mol. The first-order valence-corrected chi connectivity index (χ1v) is 7.49. The predicted octanol–water partition coefficient (Wildman–Crippen LogP) is -0.861. The van der Waals surface area contributed by atoms with Crippen LogP contribution in [0.25, 0.3) is 0 Å². The Morgan fingerprint density at radius 3 is 2.45 bits per heavy atom. The quantitative estimate of drug-likeness (QED) is 0.562. The van der Waals surface area contributed by atoms with Crippen molar-refractivity contribution in [3.63, 3.8) is 0 Å². The third-order valence-electron chi connectivity index (χ3n) is 2.43. The Balaban J connectivity index is 2.81. The van der Waals surface area contributed by atoms with E-state index in [4.69, 9.17) is 0 Å². The van der Waals surface area contributed by atoms with Crippen molar-refractivity contribution in [1.82, 2.24) is 14.7 Å². The topological polar surface area (TPSA) is 132 Å². The highest BCUT2D eigenvalue weighted by molar-refractivity contribution is 7.89. The molecule has 0 amide bonds. The number of rotatable bonds is 5. The van der Waals surface area contributed by atoms with Crippen molar-refractivity contribution in [2.45, 2.75) is 38.2 Å². The normalized spacial score (nSPS) is 14.2. The molecule has 1 aromatic rings. The molecule has 0 spiro atoms. The van der Waals surface area contributed by atoms with E-state index in [0.717, 1.165) is 6.20 Å². The summed E-state index contributed by atoms with van der Waals surface area (Å²) in [5, 5.41) is 9.74. The fourth-order valence-electron chi connectivity index (χ4n) is 1.66. The molecular weight excluding hydrogens is 286 g/mol. The van der Waals surface area contributed by atoms with Gasteiger partial charge in [-0.2, -0.15) is 0 Å². The first-order valence-electron chi connectivity index (χ1n) is 6.01. The minimum atomic E-state index is -4.08. The van der Waals surface area contributed by atoms with Crippen molar-refractivity contribution in [2.75, 3.05) is 6.54 Å². The highest BCUT2D eigenvalue weighted by atomic mass is 32.2. The summed E-state index contributed by atoms with van der Waals surface area (Å²) in [6.07, 6.45) is 0.351. The SMILES string of the molecule is CC(C)(C)CC(O)CNS(=O)(=O)c1c[nH]c(=O)[nH]c1=O. The van der Waals surface area contributed by atoms with E-state index in [0.29, 0.717) is 6.42 Å². The van der Waals surface area contributed by atoms with Gasteiger partial charge in [-0.3, -0.25) is 9.78 Å². The van der Waals surface area contributed by atoms with E-state index >= 15 is 0 Å². The van der Waals surface area contributed by atoms with Gasteiger partial charge in [0.25, 0.3) is 5.56 Å². The molecule has 0 saturated carbocycles. The highest BCUT2D eigenvalue weighted by Gasteiger charge is 2.22. The fourth-order valence-corrected chi connectivity index (χ4v) is 2.74. The molecule has 9 heteroatoms.